The Morgan fingerprint density at radius 2 is 1.95 bits per heavy atom. The van der Waals surface area contributed by atoms with Gasteiger partial charge in [0.15, 0.2) is 0 Å². The molecule has 110 valence electrons. The number of amides is 1. The lowest BCUT2D eigenvalue weighted by Gasteiger charge is -2.23. The fraction of sp³-hybridized carbons (Fsp3) is 0.467. The summed E-state index contributed by atoms with van der Waals surface area (Å²) in [6, 6.07) is 8.84. The molecule has 20 heavy (non-hydrogen) atoms. The number of benzene rings is 1. The number of nitrogens with one attached hydrogen (secondary N) is 1. The van der Waals surface area contributed by atoms with Crippen molar-refractivity contribution in [3.63, 3.8) is 0 Å². The van der Waals surface area contributed by atoms with Gasteiger partial charge in [-0.05, 0) is 18.9 Å². The number of methoxy groups -OCH3 is 1. The van der Waals surface area contributed by atoms with E-state index in [0.717, 1.165) is 5.56 Å². The van der Waals surface area contributed by atoms with Gasteiger partial charge in [0.05, 0.1) is 7.11 Å². The zero-order valence-electron chi connectivity index (χ0n) is 12.0. The Kier molecular flexibility index (Phi) is 6.20. The summed E-state index contributed by atoms with van der Waals surface area (Å²) >= 11 is 3.37. The molecule has 0 bridgehead atoms. The van der Waals surface area contributed by atoms with Crippen LogP contribution < -0.4 is 5.32 Å². The van der Waals surface area contributed by atoms with Gasteiger partial charge in [0.2, 0.25) is 5.91 Å². The van der Waals surface area contributed by atoms with Gasteiger partial charge in [-0.2, -0.15) is 0 Å². The summed E-state index contributed by atoms with van der Waals surface area (Å²) in [7, 11) is 1.32. The molecule has 0 spiro atoms. The number of halogens is 1. The van der Waals surface area contributed by atoms with Crippen LogP contribution in [0.15, 0.2) is 30.3 Å². The van der Waals surface area contributed by atoms with Gasteiger partial charge in [0, 0.05) is 6.42 Å². The molecule has 0 aliphatic carbocycles. The smallest absolute Gasteiger partial charge is 0.328 e. The number of hydrogen-bond acceptors (Lipinski definition) is 3. The van der Waals surface area contributed by atoms with Crippen LogP contribution in [-0.2, 0) is 20.7 Å². The van der Waals surface area contributed by atoms with Crippen LogP contribution in [-0.4, -0.2) is 29.4 Å². The lowest BCUT2D eigenvalue weighted by Crippen LogP contribution is -2.49. The van der Waals surface area contributed by atoms with Crippen molar-refractivity contribution in [2.45, 2.75) is 37.1 Å². The lowest BCUT2D eigenvalue weighted by molar-refractivity contribution is -0.145. The molecule has 0 radical (unpaired) electrons. The Bertz CT molecular complexity index is 459. The summed E-state index contributed by atoms with van der Waals surface area (Å²) in [6.07, 6.45) is 1.03. The molecule has 0 saturated carbocycles. The molecular weight excluding hydrogens is 322 g/mol. The number of alkyl halides is 1. The Hall–Kier alpha value is -1.36. The molecule has 0 aromatic heterocycles. The molecule has 1 amide bonds. The molecule has 2 atom stereocenters. The van der Waals surface area contributed by atoms with Crippen LogP contribution in [0.5, 0.6) is 0 Å². The minimum absolute atomic E-state index is 0.216. The van der Waals surface area contributed by atoms with E-state index in [1.807, 2.05) is 37.3 Å². The number of esters is 1. The molecule has 1 aromatic carbocycles. The van der Waals surface area contributed by atoms with E-state index in [4.69, 9.17) is 4.74 Å². The Morgan fingerprint density at radius 3 is 2.45 bits per heavy atom. The highest BCUT2D eigenvalue weighted by Gasteiger charge is 2.31. The lowest BCUT2D eigenvalue weighted by atomic mass is 10.0. The van der Waals surface area contributed by atoms with Crippen molar-refractivity contribution in [1.82, 2.24) is 5.32 Å². The van der Waals surface area contributed by atoms with Gasteiger partial charge in [0.1, 0.15) is 10.4 Å². The number of hydrogen-bond donors (Lipinski definition) is 1. The molecule has 1 N–H and O–H groups in total. The van der Waals surface area contributed by atoms with E-state index in [1.165, 1.54) is 7.11 Å². The van der Waals surface area contributed by atoms with Crippen molar-refractivity contribution in [2.75, 3.05) is 7.11 Å². The minimum Gasteiger partial charge on any atom is -0.467 e. The van der Waals surface area contributed by atoms with Crippen LogP contribution in [0.25, 0.3) is 0 Å². The highest BCUT2D eigenvalue weighted by atomic mass is 79.9. The van der Waals surface area contributed by atoms with Crippen molar-refractivity contribution < 1.29 is 14.3 Å². The predicted octanol–water partition coefficient (Wildman–Crippen LogP) is 2.45. The Morgan fingerprint density at radius 1 is 1.35 bits per heavy atom. The highest BCUT2D eigenvalue weighted by Crippen LogP contribution is 2.21. The number of carbonyl (C=O) groups excluding carboxylic acids is 2. The van der Waals surface area contributed by atoms with Gasteiger partial charge in [0.25, 0.3) is 0 Å². The maximum atomic E-state index is 12.2. The molecule has 0 unspecified atom stereocenters. The normalized spacial score (nSPS) is 15.0. The van der Waals surface area contributed by atoms with Crippen LogP contribution in [0.1, 0.15) is 25.8 Å². The highest BCUT2D eigenvalue weighted by molar-refractivity contribution is 9.10. The van der Waals surface area contributed by atoms with Crippen molar-refractivity contribution >= 4 is 27.8 Å². The third-order valence-electron chi connectivity index (χ3n) is 3.21. The predicted molar refractivity (Wildman–Crippen MR) is 81.7 cm³/mol. The van der Waals surface area contributed by atoms with E-state index < -0.39 is 16.3 Å². The molecule has 0 heterocycles. The van der Waals surface area contributed by atoms with E-state index in [9.17, 15) is 9.59 Å². The quantitative estimate of drug-likeness (QED) is 0.638. The first-order chi connectivity index (χ1) is 9.40. The zero-order valence-corrected chi connectivity index (χ0v) is 13.6. The zero-order chi connectivity index (χ0) is 15.2. The summed E-state index contributed by atoms with van der Waals surface area (Å²) in [5.74, 6) is -0.659. The number of carbonyl (C=O) groups is 2. The van der Waals surface area contributed by atoms with Gasteiger partial charge in [-0.15, -0.1) is 0 Å². The van der Waals surface area contributed by atoms with Crippen LogP contribution in [0.2, 0.25) is 0 Å². The first-order valence-electron chi connectivity index (χ1n) is 6.52. The summed E-state index contributed by atoms with van der Waals surface area (Å²) in [4.78, 5) is 24.0. The molecule has 1 aromatic rings. The molecule has 0 aliphatic rings. The third-order valence-corrected chi connectivity index (χ3v) is 4.13. The van der Waals surface area contributed by atoms with Crippen molar-refractivity contribution in [3.8, 4) is 0 Å². The molecular formula is C15H20BrNO3. The van der Waals surface area contributed by atoms with E-state index in [2.05, 4.69) is 21.2 Å². The maximum absolute atomic E-state index is 12.2. The summed E-state index contributed by atoms with van der Waals surface area (Å²) < 4.78 is 4.08. The van der Waals surface area contributed by atoms with Crippen LogP contribution in [0, 0.1) is 0 Å². The second kappa shape index (κ2) is 7.43. The van der Waals surface area contributed by atoms with E-state index in [1.54, 1.807) is 6.92 Å². The average Bonchev–Trinajstić information content (AvgIpc) is 2.46. The summed E-state index contributed by atoms with van der Waals surface area (Å²) in [6.45, 7) is 3.68. The molecule has 1 rings (SSSR count). The standard InChI is InChI=1S/C15H20BrNO3/c1-4-15(2,16)14(19)17-12(13(18)20-3)10-11-8-6-5-7-9-11/h5-9,12H,4,10H2,1-3H3,(H,17,19)/t12-,15-/m0/s1. The molecule has 4 nitrogen and oxygen atoms in total. The van der Waals surface area contributed by atoms with Crippen molar-refractivity contribution in [2.24, 2.45) is 0 Å². The second-order valence-corrected chi connectivity index (χ2v) is 6.54. The molecule has 5 heteroatoms. The first-order valence-corrected chi connectivity index (χ1v) is 7.31. The molecule has 0 saturated heterocycles. The molecule has 0 fully saturated rings. The van der Waals surface area contributed by atoms with Gasteiger partial charge in [-0.3, -0.25) is 4.79 Å². The summed E-state index contributed by atoms with van der Waals surface area (Å²) in [5, 5.41) is 2.75. The van der Waals surface area contributed by atoms with Crippen LogP contribution in [0.4, 0.5) is 0 Å². The molecule has 0 aliphatic heterocycles. The van der Waals surface area contributed by atoms with Crippen molar-refractivity contribution in [3.05, 3.63) is 35.9 Å². The van der Waals surface area contributed by atoms with E-state index in [-0.39, 0.29) is 5.91 Å². The third kappa shape index (κ3) is 4.63. The number of ether oxygens (including phenoxy) is 1. The largest absolute Gasteiger partial charge is 0.467 e. The fourth-order valence-electron chi connectivity index (χ4n) is 1.65. The van der Waals surface area contributed by atoms with Crippen LogP contribution in [0.3, 0.4) is 0 Å². The Labute approximate surface area is 128 Å². The fourth-order valence-corrected chi connectivity index (χ4v) is 1.77. The first kappa shape index (κ1) is 16.7. The van der Waals surface area contributed by atoms with E-state index in [0.29, 0.717) is 12.8 Å². The Balaban J connectivity index is 2.81. The van der Waals surface area contributed by atoms with Crippen molar-refractivity contribution in [1.29, 1.82) is 0 Å². The van der Waals surface area contributed by atoms with E-state index >= 15 is 0 Å². The van der Waals surface area contributed by atoms with Gasteiger partial charge in [-0.25, -0.2) is 4.79 Å². The van der Waals surface area contributed by atoms with Crippen LogP contribution >= 0.6 is 15.9 Å². The minimum atomic E-state index is -0.685. The van der Waals surface area contributed by atoms with Gasteiger partial charge < -0.3 is 10.1 Å². The van der Waals surface area contributed by atoms with Gasteiger partial charge >= 0.3 is 5.97 Å². The average molecular weight is 342 g/mol. The van der Waals surface area contributed by atoms with Gasteiger partial charge in [-0.1, -0.05) is 53.2 Å². The SMILES string of the molecule is CC[C@](C)(Br)C(=O)N[C@@H](Cc1ccccc1)C(=O)OC. The maximum Gasteiger partial charge on any atom is 0.328 e. The summed E-state index contributed by atoms with van der Waals surface area (Å²) in [5.41, 5.74) is 0.968. The second-order valence-electron chi connectivity index (χ2n) is 4.79. The topological polar surface area (TPSA) is 55.4 Å². The monoisotopic (exact) mass is 341 g/mol. The number of rotatable bonds is 6.